The van der Waals surface area contributed by atoms with Crippen LogP contribution in [0.3, 0.4) is 0 Å². The molecule has 2 rings (SSSR count). The van der Waals surface area contributed by atoms with Gasteiger partial charge in [0.2, 0.25) is 21.8 Å². The van der Waals surface area contributed by atoms with Crippen LogP contribution in [0.1, 0.15) is 41.2 Å². The van der Waals surface area contributed by atoms with E-state index in [0.29, 0.717) is 29.1 Å². The van der Waals surface area contributed by atoms with Gasteiger partial charge in [-0.25, -0.2) is 13.1 Å². The Morgan fingerprint density at radius 2 is 1.50 bits per heavy atom. The molecule has 0 radical (unpaired) electrons. The summed E-state index contributed by atoms with van der Waals surface area (Å²) in [6.45, 7) is 11.3. The van der Waals surface area contributed by atoms with E-state index in [0.717, 1.165) is 16.7 Å². The summed E-state index contributed by atoms with van der Waals surface area (Å²) >= 11 is 0. The Bertz CT molecular complexity index is 1150. The summed E-state index contributed by atoms with van der Waals surface area (Å²) < 4.78 is 33.9. The van der Waals surface area contributed by atoms with Crippen molar-refractivity contribution in [3.63, 3.8) is 0 Å². The van der Waals surface area contributed by atoms with Gasteiger partial charge in [0.25, 0.3) is 0 Å². The number of amides is 2. The van der Waals surface area contributed by atoms with Crippen LogP contribution in [0.4, 0.5) is 5.69 Å². The first kappa shape index (κ1) is 27.3. The molecule has 0 atom stereocenters. The molecule has 0 fully saturated rings. The highest BCUT2D eigenvalue weighted by Gasteiger charge is 2.24. The smallest absolute Gasteiger partial charge is 0.244 e. The Morgan fingerprint density at radius 3 is 2.06 bits per heavy atom. The zero-order valence-corrected chi connectivity index (χ0v) is 21.9. The fraction of sp³-hybridized carbons (Fsp3) is 0.440. The van der Waals surface area contributed by atoms with Gasteiger partial charge < -0.3 is 15.0 Å². The monoisotopic (exact) mass is 489 g/mol. The van der Waals surface area contributed by atoms with Gasteiger partial charge in [0.15, 0.2) is 0 Å². The van der Waals surface area contributed by atoms with Gasteiger partial charge in [0.1, 0.15) is 5.75 Å². The first-order valence-electron chi connectivity index (χ1n) is 11.2. The average Bonchev–Trinajstić information content (AvgIpc) is 2.79. The third-order valence-corrected chi connectivity index (χ3v) is 8.01. The number of rotatable bonds is 10. The van der Waals surface area contributed by atoms with E-state index in [4.69, 9.17) is 4.74 Å². The number of hydrogen-bond donors (Lipinski definition) is 2. The Kier molecular flexibility index (Phi) is 9.23. The predicted octanol–water partition coefficient (Wildman–Crippen LogP) is 3.39. The molecule has 0 aliphatic rings. The molecule has 2 aromatic rings. The number of nitrogens with zero attached hydrogens (tertiary/aromatic N) is 1. The number of benzene rings is 2. The van der Waals surface area contributed by atoms with E-state index < -0.39 is 10.0 Å². The molecule has 0 heterocycles. The van der Waals surface area contributed by atoms with Crippen LogP contribution < -0.4 is 14.8 Å². The van der Waals surface area contributed by atoms with Crippen molar-refractivity contribution in [2.45, 2.75) is 52.9 Å². The maximum absolute atomic E-state index is 13.0. The highest BCUT2D eigenvalue weighted by molar-refractivity contribution is 7.89. The molecule has 9 heteroatoms. The second-order valence-electron chi connectivity index (χ2n) is 8.26. The Hall–Kier alpha value is -2.91. The summed E-state index contributed by atoms with van der Waals surface area (Å²) in [6.07, 6.45) is -0.0586. The molecule has 0 saturated carbocycles. The number of sulfonamides is 1. The first-order valence-corrected chi connectivity index (χ1v) is 12.7. The highest BCUT2D eigenvalue weighted by Crippen LogP contribution is 2.29. The summed E-state index contributed by atoms with van der Waals surface area (Å²) in [6, 6.07) is 7.00. The van der Waals surface area contributed by atoms with E-state index in [9.17, 15) is 18.0 Å². The molecule has 0 aliphatic heterocycles. The van der Waals surface area contributed by atoms with Crippen molar-refractivity contribution in [2.75, 3.05) is 32.1 Å². The molecule has 8 nitrogen and oxygen atoms in total. The van der Waals surface area contributed by atoms with E-state index in [2.05, 4.69) is 10.0 Å². The minimum atomic E-state index is -3.80. The largest absolute Gasteiger partial charge is 0.495 e. The van der Waals surface area contributed by atoms with E-state index in [1.807, 2.05) is 20.8 Å². The predicted molar refractivity (Wildman–Crippen MR) is 134 cm³/mol. The number of ether oxygens (including phenoxy) is 1. The summed E-state index contributed by atoms with van der Waals surface area (Å²) in [5.41, 5.74) is 4.90. The van der Waals surface area contributed by atoms with Crippen molar-refractivity contribution in [1.29, 1.82) is 0 Å². The quantitative estimate of drug-likeness (QED) is 0.532. The van der Waals surface area contributed by atoms with Crippen molar-refractivity contribution in [3.8, 4) is 5.75 Å². The number of hydrogen-bond acceptors (Lipinski definition) is 5. The summed E-state index contributed by atoms with van der Waals surface area (Å²) in [5, 5.41) is 2.74. The molecule has 2 amide bonds. The Labute approximate surface area is 202 Å². The third-order valence-electron chi connectivity index (χ3n) is 6.28. The lowest BCUT2D eigenvalue weighted by Crippen LogP contribution is -2.39. The van der Waals surface area contributed by atoms with E-state index in [1.165, 1.54) is 12.0 Å². The molecule has 0 unspecified atom stereocenters. The van der Waals surface area contributed by atoms with Gasteiger partial charge in [-0.1, -0.05) is 12.1 Å². The lowest BCUT2D eigenvalue weighted by molar-refractivity contribution is -0.134. The average molecular weight is 490 g/mol. The minimum Gasteiger partial charge on any atom is -0.495 e. The van der Waals surface area contributed by atoms with Crippen molar-refractivity contribution < 1.29 is 22.7 Å². The van der Waals surface area contributed by atoms with Crippen molar-refractivity contribution in [2.24, 2.45) is 0 Å². The second kappa shape index (κ2) is 11.5. The standard InChI is InChI=1S/C25H35N3O5S/c1-8-28(15-23(29)27-21-11-9-10-12-22(21)33-7)24(30)13-14-26-34(31,32)25-19(5)17(3)16(2)18(4)20(25)6/h9-12,26H,8,13-15H2,1-7H3,(H,27,29). The number of anilines is 1. The number of methoxy groups -OCH3 is 1. The molecule has 2 aromatic carbocycles. The van der Waals surface area contributed by atoms with Crippen LogP contribution in [0.25, 0.3) is 0 Å². The van der Waals surface area contributed by atoms with Gasteiger partial charge >= 0.3 is 0 Å². The Balaban J connectivity index is 2.02. The molecule has 0 bridgehead atoms. The fourth-order valence-corrected chi connectivity index (χ4v) is 5.51. The van der Waals surface area contributed by atoms with Crippen molar-refractivity contribution >= 4 is 27.5 Å². The van der Waals surface area contributed by atoms with Gasteiger partial charge in [0.05, 0.1) is 24.2 Å². The molecule has 34 heavy (non-hydrogen) atoms. The van der Waals surface area contributed by atoms with Gasteiger partial charge in [-0.3, -0.25) is 9.59 Å². The summed E-state index contributed by atoms with van der Waals surface area (Å²) in [4.78, 5) is 26.8. The Morgan fingerprint density at radius 1 is 0.941 bits per heavy atom. The molecule has 186 valence electrons. The topological polar surface area (TPSA) is 105 Å². The molecular formula is C25H35N3O5S. The van der Waals surface area contributed by atoms with Crippen molar-refractivity contribution in [1.82, 2.24) is 9.62 Å². The van der Waals surface area contributed by atoms with Gasteiger partial charge in [-0.15, -0.1) is 0 Å². The molecule has 2 N–H and O–H groups in total. The molecule has 0 aromatic heterocycles. The van der Waals surface area contributed by atoms with Crippen LogP contribution in [0.2, 0.25) is 0 Å². The maximum Gasteiger partial charge on any atom is 0.244 e. The highest BCUT2D eigenvalue weighted by atomic mass is 32.2. The molecule has 0 aliphatic carbocycles. The number of para-hydroxylation sites is 2. The molecular weight excluding hydrogens is 454 g/mol. The third kappa shape index (κ3) is 6.15. The summed E-state index contributed by atoms with van der Waals surface area (Å²) in [7, 11) is -2.29. The maximum atomic E-state index is 13.0. The van der Waals surface area contributed by atoms with Crippen molar-refractivity contribution in [3.05, 3.63) is 52.1 Å². The second-order valence-corrected chi connectivity index (χ2v) is 9.96. The van der Waals surface area contributed by atoms with Crippen LogP contribution in [-0.2, 0) is 19.6 Å². The lowest BCUT2D eigenvalue weighted by Gasteiger charge is -2.21. The fourth-order valence-electron chi connectivity index (χ4n) is 3.88. The molecule has 0 saturated heterocycles. The molecule has 0 spiro atoms. The minimum absolute atomic E-state index is 0.0586. The SMILES string of the molecule is CCN(CC(=O)Nc1ccccc1OC)C(=O)CCNS(=O)(=O)c1c(C)c(C)c(C)c(C)c1C. The number of carbonyl (C=O) groups excluding carboxylic acids is 2. The normalized spacial score (nSPS) is 11.3. The van der Waals surface area contributed by atoms with Gasteiger partial charge in [-0.05, 0) is 81.5 Å². The van der Waals surface area contributed by atoms with Crippen LogP contribution in [0.5, 0.6) is 5.75 Å². The number of carbonyl (C=O) groups is 2. The summed E-state index contributed by atoms with van der Waals surface area (Å²) in [5.74, 6) is -0.158. The van der Waals surface area contributed by atoms with E-state index in [1.54, 1.807) is 45.0 Å². The van der Waals surface area contributed by atoms with Crippen LogP contribution in [0, 0.1) is 34.6 Å². The zero-order chi connectivity index (χ0) is 25.6. The number of nitrogens with one attached hydrogen (secondary N) is 2. The van der Waals surface area contributed by atoms with Crippen LogP contribution in [0.15, 0.2) is 29.2 Å². The van der Waals surface area contributed by atoms with Crippen LogP contribution in [-0.4, -0.2) is 51.9 Å². The zero-order valence-electron chi connectivity index (χ0n) is 21.0. The van der Waals surface area contributed by atoms with E-state index >= 15 is 0 Å². The van der Waals surface area contributed by atoms with Crippen LogP contribution >= 0.6 is 0 Å². The lowest BCUT2D eigenvalue weighted by atomic mass is 9.95. The first-order chi connectivity index (χ1) is 15.9. The van der Waals surface area contributed by atoms with Gasteiger partial charge in [0, 0.05) is 19.5 Å². The van der Waals surface area contributed by atoms with Gasteiger partial charge in [-0.2, -0.15) is 0 Å². The number of likely N-dealkylation sites (N-methyl/N-ethyl adjacent to an activating group) is 1. The van der Waals surface area contributed by atoms with E-state index in [-0.39, 0.29) is 36.2 Å².